The molecule has 3 atom stereocenters. The van der Waals surface area contributed by atoms with Gasteiger partial charge < -0.3 is 15.4 Å². The van der Waals surface area contributed by atoms with Crippen molar-refractivity contribution in [2.75, 3.05) is 19.7 Å². The third-order valence-corrected chi connectivity index (χ3v) is 4.21. The topological polar surface area (TPSA) is 55.6 Å². The summed E-state index contributed by atoms with van der Waals surface area (Å²) in [6.45, 7) is 4.69. The number of unbranched alkanes of at least 4 members (excludes halogenated alkanes) is 1. The quantitative estimate of drug-likeness (QED) is 0.828. The average Bonchev–Trinajstić information content (AvgIpc) is 2.43. The highest BCUT2D eigenvalue weighted by atomic mass is 16.5. The van der Waals surface area contributed by atoms with Gasteiger partial charge in [0.2, 0.25) is 5.91 Å². The minimum atomic E-state index is -0.300. The van der Waals surface area contributed by atoms with Crippen molar-refractivity contribution in [2.45, 2.75) is 57.6 Å². The summed E-state index contributed by atoms with van der Waals surface area (Å²) in [4.78, 5) is 14.2. The molecule has 0 aromatic carbocycles. The highest BCUT2D eigenvalue weighted by Crippen LogP contribution is 2.28. The van der Waals surface area contributed by atoms with E-state index in [1.807, 2.05) is 4.90 Å². The van der Waals surface area contributed by atoms with E-state index in [0.29, 0.717) is 12.0 Å². The Hall–Kier alpha value is -0.610. The standard InChI is InChI=1S/C14H26N2O2/c1-2-3-6-12(15)14(17)16-8-7-13-11(10-16)5-4-9-18-13/h11-13H,2-10,15H2,1H3/t11-,12-,13+/m0/s1. The maximum Gasteiger partial charge on any atom is 0.239 e. The van der Waals surface area contributed by atoms with Crippen molar-refractivity contribution in [3.05, 3.63) is 0 Å². The van der Waals surface area contributed by atoms with E-state index < -0.39 is 0 Å². The van der Waals surface area contributed by atoms with Crippen molar-refractivity contribution in [3.63, 3.8) is 0 Å². The first kappa shape index (κ1) is 13.8. The zero-order valence-corrected chi connectivity index (χ0v) is 11.4. The lowest BCUT2D eigenvalue weighted by Gasteiger charge is -2.41. The summed E-state index contributed by atoms with van der Waals surface area (Å²) in [5.74, 6) is 0.683. The lowest BCUT2D eigenvalue weighted by atomic mass is 9.88. The van der Waals surface area contributed by atoms with Gasteiger partial charge in [0.1, 0.15) is 0 Å². The fraction of sp³-hybridized carbons (Fsp3) is 0.929. The number of carbonyl (C=O) groups excluding carboxylic acids is 1. The molecule has 2 rings (SSSR count). The van der Waals surface area contributed by atoms with E-state index in [-0.39, 0.29) is 11.9 Å². The van der Waals surface area contributed by atoms with Crippen molar-refractivity contribution in [2.24, 2.45) is 11.7 Å². The van der Waals surface area contributed by atoms with Crippen molar-refractivity contribution >= 4 is 5.91 Å². The van der Waals surface area contributed by atoms with E-state index in [4.69, 9.17) is 10.5 Å². The number of likely N-dealkylation sites (tertiary alicyclic amines) is 1. The third kappa shape index (κ3) is 3.23. The normalized spacial score (nSPS) is 29.8. The summed E-state index contributed by atoms with van der Waals surface area (Å²) in [5, 5.41) is 0. The molecule has 0 bridgehead atoms. The molecule has 2 N–H and O–H groups in total. The first-order chi connectivity index (χ1) is 8.72. The number of amides is 1. The van der Waals surface area contributed by atoms with Gasteiger partial charge in [0.05, 0.1) is 12.1 Å². The minimum Gasteiger partial charge on any atom is -0.378 e. The molecule has 0 aliphatic carbocycles. The number of rotatable bonds is 4. The van der Waals surface area contributed by atoms with Crippen molar-refractivity contribution in [1.82, 2.24) is 4.90 Å². The molecule has 4 nitrogen and oxygen atoms in total. The van der Waals surface area contributed by atoms with E-state index >= 15 is 0 Å². The second kappa shape index (κ2) is 6.53. The van der Waals surface area contributed by atoms with Crippen LogP contribution < -0.4 is 5.73 Å². The summed E-state index contributed by atoms with van der Waals surface area (Å²) in [6.07, 6.45) is 6.64. The van der Waals surface area contributed by atoms with Gasteiger partial charge in [-0.2, -0.15) is 0 Å². The molecule has 2 fully saturated rings. The molecule has 2 aliphatic heterocycles. The molecule has 1 amide bonds. The molecule has 2 saturated heterocycles. The smallest absolute Gasteiger partial charge is 0.239 e. The molecule has 0 spiro atoms. The Morgan fingerprint density at radius 2 is 2.33 bits per heavy atom. The zero-order chi connectivity index (χ0) is 13.0. The van der Waals surface area contributed by atoms with Crippen LogP contribution >= 0.6 is 0 Å². The lowest BCUT2D eigenvalue weighted by Crippen LogP contribution is -2.52. The summed E-state index contributed by atoms with van der Waals surface area (Å²) in [6, 6.07) is -0.300. The van der Waals surface area contributed by atoms with Gasteiger partial charge in [-0.25, -0.2) is 0 Å². The van der Waals surface area contributed by atoms with Crippen LogP contribution in [0.1, 0.15) is 45.4 Å². The van der Waals surface area contributed by atoms with Gasteiger partial charge in [-0.3, -0.25) is 4.79 Å². The predicted molar refractivity (Wildman–Crippen MR) is 71.2 cm³/mol. The van der Waals surface area contributed by atoms with Crippen molar-refractivity contribution < 1.29 is 9.53 Å². The largest absolute Gasteiger partial charge is 0.378 e. The van der Waals surface area contributed by atoms with Crippen molar-refractivity contribution in [3.8, 4) is 0 Å². The van der Waals surface area contributed by atoms with Crippen LogP contribution in [-0.4, -0.2) is 42.6 Å². The fourth-order valence-electron chi connectivity index (χ4n) is 3.07. The van der Waals surface area contributed by atoms with Gasteiger partial charge in [0.15, 0.2) is 0 Å². The highest BCUT2D eigenvalue weighted by Gasteiger charge is 2.34. The maximum atomic E-state index is 12.2. The molecule has 0 saturated carbocycles. The lowest BCUT2D eigenvalue weighted by molar-refractivity contribution is -0.140. The van der Waals surface area contributed by atoms with E-state index in [0.717, 1.165) is 51.8 Å². The maximum absolute atomic E-state index is 12.2. The molecule has 104 valence electrons. The molecule has 2 aliphatic rings. The monoisotopic (exact) mass is 254 g/mol. The second-order valence-corrected chi connectivity index (χ2v) is 5.63. The van der Waals surface area contributed by atoms with Gasteiger partial charge >= 0.3 is 0 Å². The summed E-state index contributed by atoms with van der Waals surface area (Å²) in [7, 11) is 0. The first-order valence-corrected chi connectivity index (χ1v) is 7.38. The number of nitrogens with zero attached hydrogens (tertiary/aromatic N) is 1. The Morgan fingerprint density at radius 3 is 3.11 bits per heavy atom. The number of hydrogen-bond acceptors (Lipinski definition) is 3. The van der Waals surface area contributed by atoms with E-state index in [9.17, 15) is 4.79 Å². The second-order valence-electron chi connectivity index (χ2n) is 5.63. The highest BCUT2D eigenvalue weighted by molar-refractivity contribution is 5.81. The van der Waals surface area contributed by atoms with Crippen LogP contribution in [-0.2, 0) is 9.53 Å². The average molecular weight is 254 g/mol. The van der Waals surface area contributed by atoms with Crippen LogP contribution in [0.5, 0.6) is 0 Å². The molecule has 4 heteroatoms. The number of ether oxygens (including phenoxy) is 1. The van der Waals surface area contributed by atoms with E-state index in [2.05, 4.69) is 6.92 Å². The molecule has 0 aromatic heterocycles. The molecular formula is C14H26N2O2. The van der Waals surface area contributed by atoms with E-state index in [1.54, 1.807) is 0 Å². The Bertz CT molecular complexity index is 283. The van der Waals surface area contributed by atoms with Gasteiger partial charge in [-0.05, 0) is 25.7 Å². The van der Waals surface area contributed by atoms with Gasteiger partial charge in [-0.15, -0.1) is 0 Å². The Labute approximate surface area is 110 Å². The Kier molecular flexibility index (Phi) is 5.01. The first-order valence-electron chi connectivity index (χ1n) is 7.38. The summed E-state index contributed by atoms with van der Waals surface area (Å²) >= 11 is 0. The van der Waals surface area contributed by atoms with Crippen LogP contribution in [0, 0.1) is 5.92 Å². The number of nitrogens with two attached hydrogens (primary N) is 1. The number of fused-ring (bicyclic) bond motifs is 1. The van der Waals surface area contributed by atoms with Gasteiger partial charge in [-0.1, -0.05) is 19.8 Å². The molecule has 2 heterocycles. The molecule has 0 radical (unpaired) electrons. The SMILES string of the molecule is CCCC[C@H](N)C(=O)N1CC[C@H]2OCCC[C@H]2C1. The van der Waals surface area contributed by atoms with E-state index in [1.165, 1.54) is 6.42 Å². The molecule has 0 aromatic rings. The third-order valence-electron chi connectivity index (χ3n) is 4.21. The molecule has 18 heavy (non-hydrogen) atoms. The van der Waals surface area contributed by atoms with Crippen molar-refractivity contribution in [1.29, 1.82) is 0 Å². The Balaban J connectivity index is 1.84. The van der Waals surface area contributed by atoms with Crippen LogP contribution in [0.2, 0.25) is 0 Å². The number of carbonyl (C=O) groups is 1. The number of piperidine rings is 1. The van der Waals surface area contributed by atoms with Crippen LogP contribution in [0.3, 0.4) is 0 Å². The Morgan fingerprint density at radius 1 is 1.50 bits per heavy atom. The summed E-state index contributed by atoms with van der Waals surface area (Å²) in [5.41, 5.74) is 5.98. The number of hydrogen-bond donors (Lipinski definition) is 1. The van der Waals surface area contributed by atoms with Crippen LogP contribution in [0.4, 0.5) is 0 Å². The van der Waals surface area contributed by atoms with Crippen LogP contribution in [0.25, 0.3) is 0 Å². The van der Waals surface area contributed by atoms with Crippen LogP contribution in [0.15, 0.2) is 0 Å². The van der Waals surface area contributed by atoms with Gasteiger partial charge in [0, 0.05) is 25.6 Å². The predicted octanol–water partition coefficient (Wildman–Crippen LogP) is 1.53. The minimum absolute atomic E-state index is 0.146. The summed E-state index contributed by atoms with van der Waals surface area (Å²) < 4.78 is 5.77. The van der Waals surface area contributed by atoms with Gasteiger partial charge in [0.25, 0.3) is 0 Å². The molecule has 0 unspecified atom stereocenters. The zero-order valence-electron chi connectivity index (χ0n) is 11.4. The molecular weight excluding hydrogens is 228 g/mol. The fourth-order valence-corrected chi connectivity index (χ4v) is 3.07.